The number of rotatable bonds is 26. The van der Waals surface area contributed by atoms with Crippen LogP contribution in [-0.2, 0) is 23.1 Å². The highest BCUT2D eigenvalue weighted by molar-refractivity contribution is 7.47. The van der Waals surface area contributed by atoms with Crippen LogP contribution in [-0.4, -0.2) is 101 Å². The summed E-state index contributed by atoms with van der Waals surface area (Å²) in [5.74, 6) is -1.27. The molecular formula is C29H59O11P. The molecule has 0 spiro atoms. The SMILES string of the molecule is CCCCCCCCCCCCCCCCCCOC[C@H](COP(=O)(O)O[C@H]1[C@H](O)[C@@H](O)[C@H](O)[C@@H](CO)[C@H]1O)OC. The van der Waals surface area contributed by atoms with Gasteiger partial charge in [-0.1, -0.05) is 103 Å². The number of unbranched alkanes of at least 4 members (excludes halogenated alkanes) is 15. The van der Waals surface area contributed by atoms with E-state index in [4.69, 9.17) is 18.5 Å². The van der Waals surface area contributed by atoms with Gasteiger partial charge < -0.3 is 39.9 Å². The zero-order chi connectivity index (χ0) is 30.5. The Morgan fingerprint density at radius 2 is 1.17 bits per heavy atom. The van der Waals surface area contributed by atoms with Crippen molar-refractivity contribution < 1.29 is 53.5 Å². The molecule has 0 aromatic heterocycles. The van der Waals surface area contributed by atoms with Crippen LogP contribution in [0.2, 0.25) is 0 Å². The minimum atomic E-state index is -4.79. The average molecular weight is 615 g/mol. The van der Waals surface area contributed by atoms with Gasteiger partial charge in [-0.15, -0.1) is 0 Å². The Balaban J connectivity index is 2.08. The van der Waals surface area contributed by atoms with E-state index in [1.165, 1.54) is 97.0 Å². The van der Waals surface area contributed by atoms with Crippen molar-refractivity contribution in [2.45, 2.75) is 146 Å². The van der Waals surface area contributed by atoms with Crippen molar-refractivity contribution >= 4 is 7.82 Å². The van der Waals surface area contributed by atoms with Gasteiger partial charge in [0.15, 0.2) is 0 Å². The van der Waals surface area contributed by atoms with Crippen molar-refractivity contribution in [1.82, 2.24) is 0 Å². The molecule has 41 heavy (non-hydrogen) atoms. The maximum Gasteiger partial charge on any atom is 0.472 e. The summed E-state index contributed by atoms with van der Waals surface area (Å²) < 4.78 is 33.1. The fourth-order valence-corrected chi connectivity index (χ4v) is 6.12. The number of hydrogen-bond acceptors (Lipinski definition) is 10. The minimum absolute atomic E-state index is 0.140. The Kier molecular flexibility index (Phi) is 22.0. The Hall–Kier alpha value is -0.170. The fourth-order valence-electron chi connectivity index (χ4n) is 5.15. The van der Waals surface area contributed by atoms with Crippen LogP contribution in [0.1, 0.15) is 110 Å². The lowest BCUT2D eigenvalue weighted by molar-refractivity contribution is -0.206. The fraction of sp³-hybridized carbons (Fsp3) is 1.00. The van der Waals surface area contributed by atoms with E-state index in [2.05, 4.69) is 6.92 Å². The number of methoxy groups -OCH3 is 1. The maximum absolute atomic E-state index is 12.4. The van der Waals surface area contributed by atoms with Gasteiger partial charge >= 0.3 is 7.82 Å². The molecule has 1 aliphatic carbocycles. The Morgan fingerprint density at radius 3 is 1.63 bits per heavy atom. The van der Waals surface area contributed by atoms with E-state index in [0.717, 1.165) is 12.8 Å². The highest BCUT2D eigenvalue weighted by Gasteiger charge is 2.51. The zero-order valence-corrected chi connectivity index (χ0v) is 26.2. The quantitative estimate of drug-likeness (QED) is 0.0617. The summed E-state index contributed by atoms with van der Waals surface area (Å²) in [4.78, 5) is 10.1. The number of ether oxygens (including phenoxy) is 2. The molecule has 0 aromatic rings. The molecule has 0 amide bonds. The third kappa shape index (κ3) is 16.5. The first-order chi connectivity index (χ1) is 19.7. The number of phosphoric acid groups is 1. The van der Waals surface area contributed by atoms with Gasteiger partial charge in [0.1, 0.15) is 24.4 Å². The van der Waals surface area contributed by atoms with Crippen molar-refractivity contribution in [1.29, 1.82) is 0 Å². The van der Waals surface area contributed by atoms with Crippen LogP contribution in [0, 0.1) is 5.92 Å². The third-order valence-corrected chi connectivity index (χ3v) is 8.90. The average Bonchev–Trinajstić information content (AvgIpc) is 2.95. The largest absolute Gasteiger partial charge is 0.472 e. The second kappa shape index (κ2) is 23.2. The zero-order valence-electron chi connectivity index (χ0n) is 25.4. The molecule has 1 unspecified atom stereocenters. The van der Waals surface area contributed by atoms with Gasteiger partial charge in [0, 0.05) is 19.6 Å². The van der Waals surface area contributed by atoms with Crippen LogP contribution >= 0.6 is 7.82 Å². The van der Waals surface area contributed by atoms with E-state index in [9.17, 15) is 35.0 Å². The normalized spacial score (nSPS) is 27.1. The van der Waals surface area contributed by atoms with Crippen molar-refractivity contribution in [3.8, 4) is 0 Å². The highest BCUT2D eigenvalue weighted by atomic mass is 31.2. The highest BCUT2D eigenvalue weighted by Crippen LogP contribution is 2.47. The monoisotopic (exact) mass is 614 g/mol. The molecule has 1 rings (SSSR count). The van der Waals surface area contributed by atoms with Gasteiger partial charge in [0.05, 0.1) is 32.0 Å². The van der Waals surface area contributed by atoms with E-state index in [1.54, 1.807) is 0 Å². The van der Waals surface area contributed by atoms with E-state index in [0.29, 0.717) is 6.61 Å². The second-order valence-corrected chi connectivity index (χ2v) is 12.8. The lowest BCUT2D eigenvalue weighted by atomic mass is 9.79. The van der Waals surface area contributed by atoms with Crippen LogP contribution in [0.25, 0.3) is 0 Å². The van der Waals surface area contributed by atoms with Crippen molar-refractivity contribution in [3.05, 3.63) is 0 Å². The van der Waals surface area contributed by atoms with Crippen molar-refractivity contribution in [2.75, 3.05) is 33.5 Å². The first kappa shape index (κ1) is 38.9. The second-order valence-electron chi connectivity index (χ2n) is 11.4. The van der Waals surface area contributed by atoms with Crippen LogP contribution in [0.5, 0.6) is 0 Å². The van der Waals surface area contributed by atoms with Gasteiger partial charge in [-0.05, 0) is 6.42 Å². The molecule has 0 radical (unpaired) electrons. The van der Waals surface area contributed by atoms with E-state index >= 15 is 0 Å². The lowest BCUT2D eigenvalue weighted by Gasteiger charge is -2.43. The summed E-state index contributed by atoms with van der Waals surface area (Å²) in [5, 5.41) is 49.5. The van der Waals surface area contributed by atoms with Gasteiger partial charge in [0.2, 0.25) is 0 Å². The molecule has 1 saturated carbocycles. The Labute approximate surface area is 247 Å². The molecule has 8 atom stereocenters. The Bertz CT molecular complexity index is 671. The molecule has 6 N–H and O–H groups in total. The first-order valence-electron chi connectivity index (χ1n) is 15.8. The molecule has 11 nitrogen and oxygen atoms in total. The van der Waals surface area contributed by atoms with E-state index in [-0.39, 0.29) is 13.2 Å². The number of aliphatic hydroxyl groups excluding tert-OH is 5. The van der Waals surface area contributed by atoms with Gasteiger partial charge in [-0.25, -0.2) is 4.57 Å². The lowest BCUT2D eigenvalue weighted by Crippen LogP contribution is -2.62. The summed E-state index contributed by atoms with van der Waals surface area (Å²) in [6.45, 7) is 1.85. The van der Waals surface area contributed by atoms with Gasteiger partial charge in [-0.2, -0.15) is 0 Å². The molecule has 12 heteroatoms. The smallest absolute Gasteiger partial charge is 0.396 e. The first-order valence-corrected chi connectivity index (χ1v) is 17.3. The molecular weight excluding hydrogens is 555 g/mol. The molecule has 1 fully saturated rings. The van der Waals surface area contributed by atoms with Gasteiger partial charge in [0.25, 0.3) is 0 Å². The number of hydrogen-bond donors (Lipinski definition) is 6. The standard InChI is InChI=1S/C29H59O11P/c1-3-4-5-6-7-8-9-10-11-12-13-14-15-16-17-18-19-38-21-23(37-2)22-39-41(35,36)40-29-26(32)24(20-30)25(31)27(33)28(29)34/h23-34H,3-22H2,1-2H3,(H,35,36)/t23-,24-,25-,26-,27+,28-,29-/m1/s1. The predicted octanol–water partition coefficient (Wildman–Crippen LogP) is 3.85. The molecule has 0 heterocycles. The van der Waals surface area contributed by atoms with Crippen molar-refractivity contribution in [3.63, 3.8) is 0 Å². The molecule has 0 bridgehead atoms. The molecule has 0 aliphatic heterocycles. The summed E-state index contributed by atoms with van der Waals surface area (Å²) in [5.41, 5.74) is 0. The van der Waals surface area contributed by atoms with Crippen LogP contribution < -0.4 is 0 Å². The molecule has 0 saturated heterocycles. The van der Waals surface area contributed by atoms with Crippen LogP contribution in [0.4, 0.5) is 0 Å². The molecule has 1 aliphatic rings. The maximum atomic E-state index is 12.4. The van der Waals surface area contributed by atoms with E-state index < -0.39 is 57.0 Å². The van der Waals surface area contributed by atoms with Crippen LogP contribution in [0.3, 0.4) is 0 Å². The summed E-state index contributed by atoms with van der Waals surface area (Å²) in [6.07, 6.45) is 11.3. The minimum Gasteiger partial charge on any atom is -0.396 e. The summed E-state index contributed by atoms with van der Waals surface area (Å²) in [6, 6.07) is 0. The van der Waals surface area contributed by atoms with Crippen molar-refractivity contribution in [2.24, 2.45) is 5.92 Å². The number of aliphatic hydroxyl groups is 5. The van der Waals surface area contributed by atoms with E-state index in [1.807, 2.05) is 0 Å². The third-order valence-electron chi connectivity index (χ3n) is 7.92. The van der Waals surface area contributed by atoms with Crippen LogP contribution in [0.15, 0.2) is 0 Å². The predicted molar refractivity (Wildman–Crippen MR) is 156 cm³/mol. The summed E-state index contributed by atoms with van der Waals surface area (Å²) in [7, 11) is -3.38. The number of phosphoric ester groups is 1. The molecule has 0 aromatic carbocycles. The molecule has 246 valence electrons. The topological polar surface area (TPSA) is 175 Å². The Morgan fingerprint density at radius 1 is 0.683 bits per heavy atom. The summed E-state index contributed by atoms with van der Waals surface area (Å²) >= 11 is 0. The van der Waals surface area contributed by atoms with Gasteiger partial charge in [-0.3, -0.25) is 9.05 Å².